The molecule has 0 aliphatic carbocycles. The number of nitrogens with one attached hydrogen (secondary N) is 2. The van der Waals surface area contributed by atoms with Crippen LogP contribution in [0.1, 0.15) is 32.3 Å². The highest BCUT2D eigenvalue weighted by Gasteiger charge is 2.23. The van der Waals surface area contributed by atoms with Crippen LogP contribution in [0, 0.1) is 6.92 Å². The number of carbonyl (C=O) groups excluding carboxylic acids is 1. The molecule has 0 heterocycles. The second kappa shape index (κ2) is 8.52. The highest BCUT2D eigenvalue weighted by molar-refractivity contribution is 5.74. The minimum atomic E-state index is -0.379. The van der Waals surface area contributed by atoms with Crippen molar-refractivity contribution in [2.75, 3.05) is 19.8 Å². The average molecular weight is 294 g/mol. The van der Waals surface area contributed by atoms with Crippen LogP contribution in [0.15, 0.2) is 24.3 Å². The Balaban J connectivity index is 2.27. The van der Waals surface area contributed by atoms with Crippen molar-refractivity contribution >= 4 is 6.03 Å². The first kappa shape index (κ1) is 17.3. The van der Waals surface area contributed by atoms with E-state index in [4.69, 9.17) is 9.84 Å². The molecule has 0 saturated heterocycles. The molecule has 3 N–H and O–H groups in total. The van der Waals surface area contributed by atoms with Gasteiger partial charge in [-0.05, 0) is 44.4 Å². The van der Waals surface area contributed by atoms with Crippen molar-refractivity contribution in [1.82, 2.24) is 10.6 Å². The molecule has 5 nitrogen and oxygen atoms in total. The first-order valence-corrected chi connectivity index (χ1v) is 7.35. The van der Waals surface area contributed by atoms with Crippen LogP contribution < -0.4 is 15.4 Å². The van der Waals surface area contributed by atoms with Gasteiger partial charge in [0.05, 0.1) is 6.54 Å². The lowest BCUT2D eigenvalue weighted by molar-refractivity contribution is 0.199. The maximum absolute atomic E-state index is 11.8. The fraction of sp³-hybridized carbons (Fsp3) is 0.562. The zero-order chi connectivity index (χ0) is 15.7. The van der Waals surface area contributed by atoms with Gasteiger partial charge < -0.3 is 20.5 Å². The smallest absolute Gasteiger partial charge is 0.315 e. The second-order valence-corrected chi connectivity index (χ2v) is 5.43. The fourth-order valence-electron chi connectivity index (χ4n) is 1.93. The molecule has 21 heavy (non-hydrogen) atoms. The molecule has 0 bridgehead atoms. The lowest BCUT2D eigenvalue weighted by Gasteiger charge is -2.29. The van der Waals surface area contributed by atoms with Gasteiger partial charge in [-0.15, -0.1) is 0 Å². The molecule has 1 atom stereocenters. The predicted molar refractivity (Wildman–Crippen MR) is 83.6 cm³/mol. The molecule has 118 valence electrons. The van der Waals surface area contributed by atoms with E-state index in [-0.39, 0.29) is 18.2 Å². The summed E-state index contributed by atoms with van der Waals surface area (Å²) in [6.07, 6.45) is 1.30. The summed E-state index contributed by atoms with van der Waals surface area (Å²) in [6.45, 7) is 6.81. The van der Waals surface area contributed by atoms with E-state index in [0.29, 0.717) is 19.6 Å². The van der Waals surface area contributed by atoms with Crippen molar-refractivity contribution in [1.29, 1.82) is 0 Å². The average Bonchev–Trinajstić information content (AvgIpc) is 2.44. The number of carbonyl (C=O) groups is 1. The van der Waals surface area contributed by atoms with Crippen LogP contribution in [0.2, 0.25) is 0 Å². The lowest BCUT2D eigenvalue weighted by atomic mass is 9.95. The topological polar surface area (TPSA) is 70.6 Å². The highest BCUT2D eigenvalue weighted by atomic mass is 16.5. The van der Waals surface area contributed by atoms with Gasteiger partial charge in [-0.3, -0.25) is 0 Å². The maximum Gasteiger partial charge on any atom is 0.315 e. The van der Waals surface area contributed by atoms with Gasteiger partial charge in [-0.25, -0.2) is 4.79 Å². The minimum absolute atomic E-state index is 0.0566. The number of aliphatic hydroxyl groups excluding tert-OH is 1. The predicted octanol–water partition coefficient (Wildman–Crippen LogP) is 2.22. The van der Waals surface area contributed by atoms with Crippen LogP contribution in [0.3, 0.4) is 0 Å². The van der Waals surface area contributed by atoms with Crippen LogP contribution in [0.25, 0.3) is 0 Å². The van der Waals surface area contributed by atoms with E-state index in [1.165, 1.54) is 0 Å². The highest BCUT2D eigenvalue weighted by Crippen LogP contribution is 2.13. The summed E-state index contributed by atoms with van der Waals surface area (Å²) in [7, 11) is 0. The zero-order valence-electron chi connectivity index (χ0n) is 13.1. The van der Waals surface area contributed by atoms with Gasteiger partial charge in [0.25, 0.3) is 0 Å². The number of benzene rings is 1. The Morgan fingerprint density at radius 3 is 2.81 bits per heavy atom. The molecule has 5 heteroatoms. The SMILES string of the molecule is CCC(C)(CCO)NC(=O)NCCOc1cccc(C)c1. The number of hydrogen-bond donors (Lipinski definition) is 3. The Morgan fingerprint density at radius 2 is 2.19 bits per heavy atom. The lowest BCUT2D eigenvalue weighted by Crippen LogP contribution is -2.51. The van der Waals surface area contributed by atoms with E-state index in [1.54, 1.807) is 0 Å². The summed E-state index contributed by atoms with van der Waals surface area (Å²) in [5, 5.41) is 14.7. The fourth-order valence-corrected chi connectivity index (χ4v) is 1.93. The van der Waals surface area contributed by atoms with Crippen LogP contribution in [0.5, 0.6) is 5.75 Å². The molecule has 1 rings (SSSR count). The van der Waals surface area contributed by atoms with Crippen LogP contribution in [-0.4, -0.2) is 36.4 Å². The van der Waals surface area contributed by atoms with Crippen molar-refractivity contribution in [2.45, 2.75) is 39.2 Å². The number of amides is 2. The van der Waals surface area contributed by atoms with Crippen LogP contribution in [-0.2, 0) is 0 Å². The van der Waals surface area contributed by atoms with Crippen LogP contribution >= 0.6 is 0 Å². The Labute approximate surface area is 126 Å². The van der Waals surface area contributed by atoms with Crippen molar-refractivity contribution in [3.05, 3.63) is 29.8 Å². The van der Waals surface area contributed by atoms with E-state index in [0.717, 1.165) is 17.7 Å². The van der Waals surface area contributed by atoms with E-state index in [1.807, 2.05) is 45.0 Å². The normalized spacial score (nSPS) is 13.3. The van der Waals surface area contributed by atoms with Gasteiger partial charge in [0, 0.05) is 12.1 Å². The summed E-state index contributed by atoms with van der Waals surface area (Å²) in [5.74, 6) is 0.802. The van der Waals surface area contributed by atoms with Crippen molar-refractivity contribution in [2.24, 2.45) is 0 Å². The number of aryl methyl sites for hydroxylation is 1. The number of urea groups is 1. The maximum atomic E-state index is 11.8. The van der Waals surface area contributed by atoms with Gasteiger partial charge in [-0.1, -0.05) is 19.1 Å². The Bertz CT molecular complexity index is 451. The summed E-state index contributed by atoms with van der Waals surface area (Å²) in [4.78, 5) is 11.8. The molecule has 2 amide bonds. The molecule has 0 aliphatic rings. The van der Waals surface area contributed by atoms with Gasteiger partial charge in [0.2, 0.25) is 0 Å². The van der Waals surface area contributed by atoms with Crippen molar-refractivity contribution in [3.8, 4) is 5.75 Å². The third-order valence-electron chi connectivity index (χ3n) is 3.51. The number of ether oxygens (including phenoxy) is 1. The van der Waals surface area contributed by atoms with Gasteiger partial charge in [-0.2, -0.15) is 0 Å². The molecule has 1 aromatic rings. The molecule has 1 aromatic carbocycles. The van der Waals surface area contributed by atoms with Crippen LogP contribution in [0.4, 0.5) is 4.79 Å². The minimum Gasteiger partial charge on any atom is -0.492 e. The Kier molecular flexibility index (Phi) is 7.02. The summed E-state index contributed by atoms with van der Waals surface area (Å²) in [6, 6.07) is 7.55. The molecule has 0 aromatic heterocycles. The van der Waals surface area contributed by atoms with E-state index >= 15 is 0 Å². The van der Waals surface area contributed by atoms with Gasteiger partial charge in [0.1, 0.15) is 12.4 Å². The third-order valence-corrected chi connectivity index (χ3v) is 3.51. The summed E-state index contributed by atoms with van der Waals surface area (Å²) in [5.41, 5.74) is 0.761. The molecule has 0 radical (unpaired) electrons. The first-order chi connectivity index (χ1) is 9.99. The molecule has 0 aliphatic heterocycles. The van der Waals surface area contributed by atoms with E-state index in [2.05, 4.69) is 10.6 Å². The molecular weight excluding hydrogens is 268 g/mol. The van der Waals surface area contributed by atoms with E-state index < -0.39 is 0 Å². The van der Waals surface area contributed by atoms with Crippen molar-refractivity contribution < 1.29 is 14.6 Å². The van der Waals surface area contributed by atoms with E-state index in [9.17, 15) is 4.79 Å². The molecule has 0 fully saturated rings. The standard InChI is InChI=1S/C16H26N2O3/c1-4-16(3,8-10-19)18-15(20)17-9-11-21-14-7-5-6-13(2)12-14/h5-7,12,19H,4,8-11H2,1-3H3,(H2,17,18,20). The summed E-state index contributed by atoms with van der Waals surface area (Å²) >= 11 is 0. The monoisotopic (exact) mass is 294 g/mol. The van der Waals surface area contributed by atoms with Gasteiger partial charge >= 0.3 is 6.03 Å². The van der Waals surface area contributed by atoms with Crippen molar-refractivity contribution in [3.63, 3.8) is 0 Å². The Morgan fingerprint density at radius 1 is 1.43 bits per heavy atom. The molecule has 0 spiro atoms. The van der Waals surface area contributed by atoms with Gasteiger partial charge in [0.15, 0.2) is 0 Å². The summed E-state index contributed by atoms with van der Waals surface area (Å²) < 4.78 is 5.56. The Hall–Kier alpha value is -1.75. The number of hydrogen-bond acceptors (Lipinski definition) is 3. The number of aliphatic hydroxyl groups is 1. The quantitative estimate of drug-likeness (QED) is 0.644. The molecule has 0 saturated carbocycles. The zero-order valence-corrected chi connectivity index (χ0v) is 13.1. The largest absolute Gasteiger partial charge is 0.492 e. The molecular formula is C16H26N2O3. The first-order valence-electron chi connectivity index (χ1n) is 7.35. The third kappa shape index (κ3) is 6.49. The second-order valence-electron chi connectivity index (χ2n) is 5.43. The number of rotatable bonds is 8. The molecule has 1 unspecified atom stereocenters.